The van der Waals surface area contributed by atoms with Crippen molar-refractivity contribution in [1.82, 2.24) is 4.98 Å². The van der Waals surface area contributed by atoms with Gasteiger partial charge in [-0.2, -0.15) is 0 Å². The van der Waals surface area contributed by atoms with Crippen LogP contribution in [0, 0.1) is 0 Å². The van der Waals surface area contributed by atoms with Crippen LogP contribution in [-0.2, 0) is 16.0 Å². The second kappa shape index (κ2) is 5.45. The number of Topliss-reactive ketones (excluding diaryl/α,β-unsaturated/α-hetero) is 1. The fourth-order valence-electron chi connectivity index (χ4n) is 1.73. The van der Waals surface area contributed by atoms with Crippen molar-refractivity contribution in [3.8, 4) is 0 Å². The van der Waals surface area contributed by atoms with Gasteiger partial charge in [0.25, 0.3) is 0 Å². The van der Waals surface area contributed by atoms with E-state index in [4.69, 9.17) is 4.74 Å². The summed E-state index contributed by atoms with van der Waals surface area (Å²) in [4.78, 5) is 15.8. The van der Waals surface area contributed by atoms with Crippen molar-refractivity contribution in [2.45, 2.75) is 25.7 Å². The summed E-state index contributed by atoms with van der Waals surface area (Å²) in [5, 5.41) is 0. The number of ketones is 1. The van der Waals surface area contributed by atoms with Crippen LogP contribution in [0.3, 0.4) is 0 Å². The molecule has 0 aliphatic carbocycles. The van der Waals surface area contributed by atoms with Gasteiger partial charge in [0, 0.05) is 24.4 Å². The first-order valence-electron chi connectivity index (χ1n) is 5.59. The number of aryl methyl sites for hydroxylation is 1. The Hall–Kier alpha value is -1.64. The van der Waals surface area contributed by atoms with Crippen molar-refractivity contribution in [1.29, 1.82) is 0 Å². The molecular weight excluding hydrogens is 202 g/mol. The fourth-order valence-corrected chi connectivity index (χ4v) is 1.73. The Morgan fingerprint density at radius 1 is 1.50 bits per heavy atom. The lowest BCUT2D eigenvalue weighted by Crippen LogP contribution is -2.09. The number of pyridine rings is 1. The summed E-state index contributed by atoms with van der Waals surface area (Å²) in [7, 11) is 0. The fraction of sp³-hybridized carbons (Fsp3) is 0.385. The first-order valence-corrected chi connectivity index (χ1v) is 5.59. The SMILES string of the molecule is O=C(CCc1cccnc1)C1=COCCC1. The molecule has 0 N–H and O–H groups in total. The molecule has 0 unspecified atom stereocenters. The van der Waals surface area contributed by atoms with Crippen molar-refractivity contribution in [3.63, 3.8) is 0 Å². The number of nitrogens with zero attached hydrogens (tertiary/aromatic N) is 1. The van der Waals surface area contributed by atoms with Gasteiger partial charge in [-0.3, -0.25) is 9.78 Å². The third-order valence-corrected chi connectivity index (χ3v) is 2.66. The molecule has 3 nitrogen and oxygen atoms in total. The number of carbonyl (C=O) groups is 1. The van der Waals surface area contributed by atoms with Crippen LogP contribution in [0.25, 0.3) is 0 Å². The normalized spacial score (nSPS) is 15.1. The molecule has 0 bridgehead atoms. The lowest BCUT2D eigenvalue weighted by molar-refractivity contribution is -0.116. The number of hydrogen-bond donors (Lipinski definition) is 0. The molecule has 1 aliphatic heterocycles. The number of ether oxygens (including phenoxy) is 1. The Kier molecular flexibility index (Phi) is 3.70. The van der Waals surface area contributed by atoms with Crippen molar-refractivity contribution in [3.05, 3.63) is 41.9 Å². The highest BCUT2D eigenvalue weighted by Gasteiger charge is 2.12. The molecule has 0 radical (unpaired) electrons. The van der Waals surface area contributed by atoms with E-state index in [0.29, 0.717) is 6.42 Å². The van der Waals surface area contributed by atoms with Crippen LogP contribution in [0.2, 0.25) is 0 Å². The topological polar surface area (TPSA) is 39.2 Å². The van der Waals surface area contributed by atoms with E-state index in [1.165, 1.54) is 0 Å². The summed E-state index contributed by atoms with van der Waals surface area (Å²) >= 11 is 0. The van der Waals surface area contributed by atoms with E-state index >= 15 is 0 Å². The average Bonchev–Trinajstić information content (AvgIpc) is 2.38. The number of hydrogen-bond acceptors (Lipinski definition) is 3. The quantitative estimate of drug-likeness (QED) is 0.776. The third-order valence-electron chi connectivity index (χ3n) is 2.66. The van der Waals surface area contributed by atoms with Crippen LogP contribution in [0.15, 0.2) is 36.4 Å². The maximum Gasteiger partial charge on any atom is 0.162 e. The van der Waals surface area contributed by atoms with Crippen molar-refractivity contribution in [2.75, 3.05) is 6.61 Å². The summed E-state index contributed by atoms with van der Waals surface area (Å²) < 4.78 is 5.16. The average molecular weight is 217 g/mol. The van der Waals surface area contributed by atoms with Crippen LogP contribution in [0.1, 0.15) is 24.8 Å². The minimum Gasteiger partial charge on any atom is -0.501 e. The van der Waals surface area contributed by atoms with Crippen molar-refractivity contribution in [2.24, 2.45) is 0 Å². The summed E-state index contributed by atoms with van der Waals surface area (Å²) in [5.41, 5.74) is 1.93. The summed E-state index contributed by atoms with van der Waals surface area (Å²) in [5.74, 6) is 0.198. The molecule has 2 rings (SSSR count). The molecule has 0 aromatic carbocycles. The third kappa shape index (κ3) is 2.92. The minimum atomic E-state index is 0.198. The molecule has 3 heteroatoms. The first-order chi connectivity index (χ1) is 7.86. The predicted octanol–water partition coefficient (Wildman–Crippen LogP) is 2.28. The Morgan fingerprint density at radius 2 is 2.44 bits per heavy atom. The molecule has 0 fully saturated rings. The van der Waals surface area contributed by atoms with E-state index in [1.807, 2.05) is 12.1 Å². The molecule has 0 spiro atoms. The van der Waals surface area contributed by atoms with Crippen molar-refractivity contribution < 1.29 is 9.53 Å². The molecule has 0 atom stereocenters. The molecule has 0 saturated carbocycles. The highest BCUT2D eigenvalue weighted by Crippen LogP contribution is 2.15. The van der Waals surface area contributed by atoms with Gasteiger partial charge in [-0.15, -0.1) is 0 Å². The van der Waals surface area contributed by atoms with E-state index < -0.39 is 0 Å². The largest absolute Gasteiger partial charge is 0.501 e. The molecule has 84 valence electrons. The van der Waals surface area contributed by atoms with E-state index in [2.05, 4.69) is 4.98 Å². The van der Waals surface area contributed by atoms with Crippen LogP contribution in [0.4, 0.5) is 0 Å². The smallest absolute Gasteiger partial charge is 0.162 e. The van der Waals surface area contributed by atoms with Crippen molar-refractivity contribution >= 4 is 5.78 Å². The monoisotopic (exact) mass is 217 g/mol. The molecular formula is C13H15NO2. The summed E-state index contributed by atoms with van der Waals surface area (Å²) in [6.45, 7) is 0.736. The molecule has 1 aromatic rings. The molecule has 1 aromatic heterocycles. The number of rotatable bonds is 4. The van der Waals surface area contributed by atoms with Gasteiger partial charge < -0.3 is 4.74 Å². The van der Waals surface area contributed by atoms with E-state index in [-0.39, 0.29) is 5.78 Å². The maximum atomic E-state index is 11.8. The van der Waals surface area contributed by atoms with Gasteiger partial charge in [0.1, 0.15) is 0 Å². The molecule has 2 heterocycles. The van der Waals surface area contributed by atoms with E-state index in [9.17, 15) is 4.79 Å². The highest BCUT2D eigenvalue weighted by molar-refractivity contribution is 5.95. The second-order valence-electron chi connectivity index (χ2n) is 3.90. The number of aromatic nitrogens is 1. The van der Waals surface area contributed by atoms with Crippen LogP contribution < -0.4 is 0 Å². The van der Waals surface area contributed by atoms with Gasteiger partial charge in [0.05, 0.1) is 12.9 Å². The zero-order valence-electron chi connectivity index (χ0n) is 9.19. The Bertz CT molecular complexity index is 384. The van der Waals surface area contributed by atoms with Gasteiger partial charge in [-0.25, -0.2) is 0 Å². The van der Waals surface area contributed by atoms with E-state index in [0.717, 1.165) is 37.0 Å². The zero-order valence-corrected chi connectivity index (χ0v) is 9.19. The molecule has 0 saturated heterocycles. The highest BCUT2D eigenvalue weighted by atomic mass is 16.5. The Morgan fingerprint density at radius 3 is 3.12 bits per heavy atom. The standard InChI is InChI=1S/C13H15NO2/c15-13(12-4-2-8-16-10-12)6-5-11-3-1-7-14-9-11/h1,3,7,9-10H,2,4-6,8H2. The number of allylic oxidation sites excluding steroid dienone is 1. The lowest BCUT2D eigenvalue weighted by atomic mass is 10.0. The van der Waals surface area contributed by atoms with Crippen LogP contribution in [-0.4, -0.2) is 17.4 Å². The molecule has 16 heavy (non-hydrogen) atoms. The first kappa shape index (κ1) is 10.9. The van der Waals surface area contributed by atoms with Gasteiger partial charge in [0.2, 0.25) is 0 Å². The predicted molar refractivity (Wildman–Crippen MR) is 60.8 cm³/mol. The molecule has 0 amide bonds. The summed E-state index contributed by atoms with van der Waals surface area (Å²) in [6.07, 6.45) is 8.26. The zero-order chi connectivity index (χ0) is 11.2. The summed E-state index contributed by atoms with van der Waals surface area (Å²) in [6, 6.07) is 3.88. The maximum absolute atomic E-state index is 11.8. The Labute approximate surface area is 95.2 Å². The van der Waals surface area contributed by atoms with Gasteiger partial charge in [-0.05, 0) is 30.9 Å². The minimum absolute atomic E-state index is 0.198. The Balaban J connectivity index is 1.86. The van der Waals surface area contributed by atoms with Gasteiger partial charge in [0.15, 0.2) is 5.78 Å². The molecule has 1 aliphatic rings. The van der Waals surface area contributed by atoms with Gasteiger partial charge in [-0.1, -0.05) is 6.07 Å². The second-order valence-corrected chi connectivity index (χ2v) is 3.90. The van der Waals surface area contributed by atoms with Crippen LogP contribution in [0.5, 0.6) is 0 Å². The number of carbonyl (C=O) groups excluding carboxylic acids is 1. The van der Waals surface area contributed by atoms with Crippen LogP contribution >= 0.6 is 0 Å². The lowest BCUT2D eigenvalue weighted by Gasteiger charge is -2.12. The van der Waals surface area contributed by atoms with Gasteiger partial charge >= 0.3 is 0 Å². The van der Waals surface area contributed by atoms with E-state index in [1.54, 1.807) is 18.7 Å².